The Labute approximate surface area is 90.8 Å². The summed E-state index contributed by atoms with van der Waals surface area (Å²) in [6.07, 6.45) is 2.82. The van der Waals surface area contributed by atoms with Crippen LogP contribution in [-0.4, -0.2) is 17.6 Å². The molecule has 0 aliphatic heterocycles. The van der Waals surface area contributed by atoms with Crippen LogP contribution in [0.1, 0.15) is 17.3 Å². The molecule has 0 aliphatic carbocycles. The molecule has 2 aromatic heterocycles. The average molecular weight is 226 g/mol. The van der Waals surface area contributed by atoms with Crippen LogP contribution >= 0.6 is 11.6 Å². The maximum atomic E-state index is 11.5. The molecule has 0 amide bonds. The number of furan rings is 1. The first kappa shape index (κ1) is 9.98. The van der Waals surface area contributed by atoms with Crippen molar-refractivity contribution in [1.29, 1.82) is 0 Å². The number of carbonyl (C=O) groups excluding carboxylic acids is 1. The third-order valence-corrected chi connectivity index (χ3v) is 2.33. The maximum absolute atomic E-state index is 11.5. The summed E-state index contributed by atoms with van der Waals surface area (Å²) in [4.78, 5) is 15.4. The quantitative estimate of drug-likeness (QED) is 0.738. The minimum Gasteiger partial charge on any atom is -0.462 e. The minimum atomic E-state index is -0.474. The van der Waals surface area contributed by atoms with Crippen molar-refractivity contribution in [3.8, 4) is 0 Å². The lowest BCUT2D eigenvalue weighted by molar-refractivity contribution is 0.0526. The molecule has 0 saturated carbocycles. The molecule has 0 aromatic carbocycles. The number of ether oxygens (including phenoxy) is 1. The van der Waals surface area contributed by atoms with Crippen LogP contribution in [-0.2, 0) is 4.74 Å². The van der Waals surface area contributed by atoms with Gasteiger partial charge >= 0.3 is 5.97 Å². The van der Waals surface area contributed by atoms with E-state index >= 15 is 0 Å². The highest BCUT2D eigenvalue weighted by atomic mass is 35.5. The van der Waals surface area contributed by atoms with Gasteiger partial charge in [0.25, 0.3) is 0 Å². The molecule has 0 unspecified atom stereocenters. The molecule has 2 aromatic rings. The number of halogens is 1. The summed E-state index contributed by atoms with van der Waals surface area (Å²) in [5, 5.41) is 0.925. The van der Waals surface area contributed by atoms with Crippen molar-refractivity contribution in [3.63, 3.8) is 0 Å². The van der Waals surface area contributed by atoms with Gasteiger partial charge in [0.05, 0.1) is 28.8 Å². The van der Waals surface area contributed by atoms with Gasteiger partial charge in [-0.15, -0.1) is 0 Å². The van der Waals surface area contributed by atoms with E-state index in [1.54, 1.807) is 13.0 Å². The Morgan fingerprint density at radius 1 is 1.67 bits per heavy atom. The molecular formula is C10H8ClNO3. The largest absolute Gasteiger partial charge is 0.462 e. The lowest BCUT2D eigenvalue weighted by atomic mass is 10.2. The predicted molar refractivity (Wildman–Crippen MR) is 55.0 cm³/mol. The van der Waals surface area contributed by atoms with Gasteiger partial charge < -0.3 is 9.15 Å². The Kier molecular flexibility index (Phi) is 2.60. The fraction of sp³-hybridized carbons (Fsp3) is 0.200. The number of hydrogen-bond acceptors (Lipinski definition) is 4. The summed E-state index contributed by atoms with van der Waals surface area (Å²) in [6, 6.07) is 1.66. The molecule has 0 spiro atoms. The number of nitrogens with zero attached hydrogens (tertiary/aromatic N) is 1. The van der Waals surface area contributed by atoms with Crippen molar-refractivity contribution < 1.29 is 13.9 Å². The third-order valence-electron chi connectivity index (χ3n) is 1.92. The van der Waals surface area contributed by atoms with E-state index in [1.807, 2.05) is 0 Å². The zero-order chi connectivity index (χ0) is 10.8. The molecule has 5 heteroatoms. The van der Waals surface area contributed by atoms with Crippen LogP contribution in [0.25, 0.3) is 11.1 Å². The molecule has 0 N–H and O–H groups in total. The number of esters is 1. The van der Waals surface area contributed by atoms with Crippen LogP contribution in [0.4, 0.5) is 0 Å². The van der Waals surface area contributed by atoms with Gasteiger partial charge in [-0.3, -0.25) is 0 Å². The lowest BCUT2D eigenvalue weighted by Gasteiger charge is -2.03. The summed E-state index contributed by atoms with van der Waals surface area (Å²) < 4.78 is 9.89. The van der Waals surface area contributed by atoms with E-state index in [9.17, 15) is 4.79 Å². The summed E-state index contributed by atoms with van der Waals surface area (Å²) in [5.74, 6) is -0.474. The lowest BCUT2D eigenvalue weighted by Crippen LogP contribution is -2.05. The van der Waals surface area contributed by atoms with Crippen LogP contribution in [0, 0.1) is 0 Å². The molecule has 0 atom stereocenters. The SMILES string of the molecule is CCOC(=O)c1cnc2occc2c1Cl. The average Bonchev–Trinajstić information content (AvgIpc) is 2.67. The van der Waals surface area contributed by atoms with Crippen LogP contribution < -0.4 is 0 Å². The molecule has 15 heavy (non-hydrogen) atoms. The highest BCUT2D eigenvalue weighted by molar-refractivity contribution is 6.38. The fourth-order valence-corrected chi connectivity index (χ4v) is 1.51. The van der Waals surface area contributed by atoms with Gasteiger partial charge in [0.2, 0.25) is 5.71 Å². The van der Waals surface area contributed by atoms with Crippen LogP contribution in [0.3, 0.4) is 0 Å². The molecule has 4 nitrogen and oxygen atoms in total. The van der Waals surface area contributed by atoms with Gasteiger partial charge in [-0.25, -0.2) is 9.78 Å². The maximum Gasteiger partial charge on any atom is 0.341 e. The van der Waals surface area contributed by atoms with Crippen molar-refractivity contribution in [2.75, 3.05) is 6.61 Å². The molecule has 2 heterocycles. The third kappa shape index (κ3) is 1.68. The standard InChI is InChI=1S/C10H8ClNO3/c1-2-14-10(13)7-5-12-9-6(8(7)11)3-4-15-9/h3-5H,2H2,1H3. The molecule has 0 radical (unpaired) electrons. The van der Waals surface area contributed by atoms with E-state index in [4.69, 9.17) is 20.8 Å². The van der Waals surface area contributed by atoms with Gasteiger partial charge in [-0.1, -0.05) is 11.6 Å². The van der Waals surface area contributed by atoms with Crippen molar-refractivity contribution in [2.45, 2.75) is 6.92 Å². The van der Waals surface area contributed by atoms with Gasteiger partial charge in [0.1, 0.15) is 0 Å². The van der Waals surface area contributed by atoms with E-state index in [2.05, 4.69) is 4.98 Å². The molecular weight excluding hydrogens is 218 g/mol. The van der Waals surface area contributed by atoms with E-state index in [-0.39, 0.29) is 5.56 Å². The Bertz CT molecular complexity index is 506. The van der Waals surface area contributed by atoms with Crippen LogP contribution in [0.2, 0.25) is 5.02 Å². The fourth-order valence-electron chi connectivity index (χ4n) is 1.24. The Morgan fingerprint density at radius 2 is 2.47 bits per heavy atom. The summed E-state index contributed by atoms with van der Waals surface area (Å²) in [6.45, 7) is 2.04. The summed E-state index contributed by atoms with van der Waals surface area (Å²) in [5.41, 5.74) is 0.667. The zero-order valence-corrected chi connectivity index (χ0v) is 8.75. The van der Waals surface area contributed by atoms with Gasteiger partial charge in [-0.2, -0.15) is 0 Å². The second-order valence-corrected chi connectivity index (χ2v) is 3.22. The van der Waals surface area contributed by atoms with Crippen molar-refractivity contribution in [1.82, 2.24) is 4.98 Å². The Hall–Kier alpha value is -1.55. The van der Waals surface area contributed by atoms with Gasteiger partial charge in [-0.05, 0) is 13.0 Å². The highest BCUT2D eigenvalue weighted by Crippen LogP contribution is 2.26. The normalized spacial score (nSPS) is 10.5. The number of carbonyl (C=O) groups is 1. The van der Waals surface area contributed by atoms with Crippen LogP contribution in [0.15, 0.2) is 22.9 Å². The highest BCUT2D eigenvalue weighted by Gasteiger charge is 2.15. The topological polar surface area (TPSA) is 52.3 Å². The first-order chi connectivity index (χ1) is 7.24. The number of rotatable bonds is 2. The zero-order valence-electron chi connectivity index (χ0n) is 7.99. The monoisotopic (exact) mass is 225 g/mol. The molecule has 0 bridgehead atoms. The molecule has 0 aliphatic rings. The molecule has 78 valence electrons. The minimum absolute atomic E-state index is 0.257. The number of hydrogen-bond donors (Lipinski definition) is 0. The van der Waals surface area contributed by atoms with Crippen molar-refractivity contribution >= 4 is 28.7 Å². The first-order valence-electron chi connectivity index (χ1n) is 4.43. The second-order valence-electron chi connectivity index (χ2n) is 2.85. The second kappa shape index (κ2) is 3.90. The molecule has 2 rings (SSSR count). The smallest absolute Gasteiger partial charge is 0.341 e. The molecule has 0 saturated heterocycles. The predicted octanol–water partition coefficient (Wildman–Crippen LogP) is 2.66. The Morgan fingerprint density at radius 3 is 3.20 bits per heavy atom. The van der Waals surface area contributed by atoms with E-state index in [0.29, 0.717) is 22.7 Å². The van der Waals surface area contributed by atoms with E-state index in [0.717, 1.165) is 0 Å². The van der Waals surface area contributed by atoms with Crippen molar-refractivity contribution in [2.24, 2.45) is 0 Å². The number of pyridine rings is 1. The van der Waals surface area contributed by atoms with E-state index < -0.39 is 5.97 Å². The summed E-state index contributed by atoms with van der Waals surface area (Å²) >= 11 is 6.01. The number of fused-ring (bicyclic) bond motifs is 1. The van der Waals surface area contributed by atoms with Gasteiger partial charge in [0, 0.05) is 6.20 Å². The Balaban J connectivity index is 2.52. The van der Waals surface area contributed by atoms with Gasteiger partial charge in [0.15, 0.2) is 0 Å². The summed E-state index contributed by atoms with van der Waals surface area (Å²) in [7, 11) is 0. The van der Waals surface area contributed by atoms with E-state index in [1.165, 1.54) is 12.5 Å². The first-order valence-corrected chi connectivity index (χ1v) is 4.80. The van der Waals surface area contributed by atoms with Crippen LogP contribution in [0.5, 0.6) is 0 Å². The molecule has 0 fully saturated rings. The van der Waals surface area contributed by atoms with Crippen molar-refractivity contribution in [3.05, 3.63) is 29.1 Å². The number of aromatic nitrogens is 1.